The Morgan fingerprint density at radius 2 is 2.47 bits per heavy atom. The molecule has 0 spiro atoms. The zero-order valence-electron chi connectivity index (χ0n) is 9.59. The van der Waals surface area contributed by atoms with Gasteiger partial charge in [-0.1, -0.05) is 19.3 Å². The van der Waals surface area contributed by atoms with Crippen molar-refractivity contribution in [1.82, 2.24) is 5.32 Å². The lowest BCUT2D eigenvalue weighted by molar-refractivity contribution is -0.0295. The molecule has 1 heterocycles. The van der Waals surface area contributed by atoms with Gasteiger partial charge in [0.25, 0.3) is 0 Å². The molecule has 2 unspecified atom stereocenters. The van der Waals surface area contributed by atoms with Crippen LogP contribution in [0.15, 0.2) is 0 Å². The van der Waals surface area contributed by atoms with Gasteiger partial charge in [-0.15, -0.1) is 6.42 Å². The van der Waals surface area contributed by atoms with Crippen LogP contribution in [0.1, 0.15) is 32.6 Å². The van der Waals surface area contributed by atoms with Crippen LogP contribution in [0, 0.1) is 12.3 Å². The quantitative estimate of drug-likeness (QED) is 0.662. The topological polar surface area (TPSA) is 47.3 Å². The average Bonchev–Trinajstić information content (AvgIpc) is 2.27. The second kappa shape index (κ2) is 6.12. The SMILES string of the molecule is C#CCNC1(CN)CCOC(CCC)C1. The summed E-state index contributed by atoms with van der Waals surface area (Å²) in [6, 6.07) is 0. The summed E-state index contributed by atoms with van der Waals surface area (Å²) in [4.78, 5) is 0. The van der Waals surface area contributed by atoms with E-state index in [-0.39, 0.29) is 5.54 Å². The molecule has 15 heavy (non-hydrogen) atoms. The maximum atomic E-state index is 5.85. The smallest absolute Gasteiger partial charge is 0.0593 e. The molecule has 2 atom stereocenters. The predicted octanol–water partition coefficient (Wildman–Crippen LogP) is 0.886. The molecule has 0 aliphatic carbocycles. The van der Waals surface area contributed by atoms with Crippen molar-refractivity contribution in [2.75, 3.05) is 19.7 Å². The van der Waals surface area contributed by atoms with E-state index >= 15 is 0 Å². The molecule has 1 aliphatic rings. The lowest BCUT2D eigenvalue weighted by Crippen LogP contribution is -2.56. The lowest BCUT2D eigenvalue weighted by Gasteiger charge is -2.40. The van der Waals surface area contributed by atoms with Crippen LogP contribution in [0.5, 0.6) is 0 Å². The van der Waals surface area contributed by atoms with Crippen LogP contribution >= 0.6 is 0 Å². The van der Waals surface area contributed by atoms with Crippen molar-refractivity contribution in [2.45, 2.75) is 44.2 Å². The van der Waals surface area contributed by atoms with Gasteiger partial charge in [-0.05, 0) is 19.3 Å². The number of hydrogen-bond acceptors (Lipinski definition) is 3. The molecule has 0 radical (unpaired) electrons. The first-order chi connectivity index (χ1) is 7.26. The van der Waals surface area contributed by atoms with E-state index in [0.29, 0.717) is 19.2 Å². The van der Waals surface area contributed by atoms with Crippen molar-refractivity contribution in [3.05, 3.63) is 0 Å². The first-order valence-electron chi connectivity index (χ1n) is 5.76. The van der Waals surface area contributed by atoms with Crippen molar-refractivity contribution >= 4 is 0 Å². The maximum absolute atomic E-state index is 5.85. The molecular formula is C12H22N2O. The van der Waals surface area contributed by atoms with Crippen molar-refractivity contribution < 1.29 is 4.74 Å². The number of nitrogens with one attached hydrogen (secondary N) is 1. The highest BCUT2D eigenvalue weighted by Crippen LogP contribution is 2.26. The van der Waals surface area contributed by atoms with Gasteiger partial charge in [-0.2, -0.15) is 0 Å². The van der Waals surface area contributed by atoms with Crippen LogP contribution in [0.25, 0.3) is 0 Å². The predicted molar refractivity (Wildman–Crippen MR) is 62.5 cm³/mol. The Bertz CT molecular complexity index is 222. The molecular weight excluding hydrogens is 188 g/mol. The Morgan fingerprint density at radius 3 is 3.07 bits per heavy atom. The van der Waals surface area contributed by atoms with Crippen LogP contribution in [0.2, 0.25) is 0 Å². The van der Waals surface area contributed by atoms with E-state index in [1.807, 2.05) is 0 Å². The summed E-state index contributed by atoms with van der Waals surface area (Å²) < 4.78 is 5.71. The number of terminal acetylenes is 1. The van der Waals surface area contributed by atoms with E-state index in [9.17, 15) is 0 Å². The van der Waals surface area contributed by atoms with Crippen LogP contribution < -0.4 is 11.1 Å². The fourth-order valence-corrected chi connectivity index (χ4v) is 2.18. The number of nitrogens with two attached hydrogens (primary N) is 1. The minimum Gasteiger partial charge on any atom is -0.378 e. The fraction of sp³-hybridized carbons (Fsp3) is 0.833. The van der Waals surface area contributed by atoms with Gasteiger partial charge in [-0.25, -0.2) is 0 Å². The first kappa shape index (κ1) is 12.5. The highest BCUT2D eigenvalue weighted by Gasteiger charge is 2.34. The molecule has 0 amide bonds. The van der Waals surface area contributed by atoms with Gasteiger partial charge in [0.15, 0.2) is 0 Å². The highest BCUT2D eigenvalue weighted by atomic mass is 16.5. The Hall–Kier alpha value is -0.560. The summed E-state index contributed by atoms with van der Waals surface area (Å²) in [5, 5.41) is 3.38. The van der Waals surface area contributed by atoms with E-state index in [0.717, 1.165) is 32.3 Å². The highest BCUT2D eigenvalue weighted by molar-refractivity contribution is 4.98. The standard InChI is InChI=1S/C12H22N2O/c1-3-5-11-9-12(10-13,6-8-15-11)14-7-4-2/h2,11,14H,3,5-10,13H2,1H3. The van der Waals surface area contributed by atoms with E-state index in [2.05, 4.69) is 18.2 Å². The Labute approximate surface area is 92.8 Å². The van der Waals surface area contributed by atoms with Gasteiger partial charge < -0.3 is 10.5 Å². The summed E-state index contributed by atoms with van der Waals surface area (Å²) in [6.07, 6.45) is 9.83. The fourth-order valence-electron chi connectivity index (χ4n) is 2.18. The molecule has 1 saturated heterocycles. The zero-order chi connectivity index (χ0) is 11.1. The number of hydrogen-bond donors (Lipinski definition) is 2. The third-order valence-electron chi connectivity index (χ3n) is 3.12. The van der Waals surface area contributed by atoms with E-state index in [1.165, 1.54) is 0 Å². The molecule has 3 N–H and O–H groups in total. The summed E-state index contributed by atoms with van der Waals surface area (Å²) in [5.74, 6) is 2.61. The number of rotatable bonds is 5. The molecule has 3 nitrogen and oxygen atoms in total. The molecule has 0 saturated carbocycles. The normalized spacial score (nSPS) is 31.1. The number of ether oxygens (including phenoxy) is 1. The molecule has 1 rings (SSSR count). The minimum absolute atomic E-state index is 0.00442. The Morgan fingerprint density at radius 1 is 1.67 bits per heavy atom. The van der Waals surface area contributed by atoms with Gasteiger partial charge in [0.1, 0.15) is 0 Å². The summed E-state index contributed by atoms with van der Waals surface area (Å²) >= 11 is 0. The van der Waals surface area contributed by atoms with Gasteiger partial charge in [-0.3, -0.25) is 5.32 Å². The second-order valence-corrected chi connectivity index (χ2v) is 4.28. The maximum Gasteiger partial charge on any atom is 0.0593 e. The molecule has 0 aromatic heterocycles. The molecule has 0 bridgehead atoms. The molecule has 0 aromatic rings. The van der Waals surface area contributed by atoms with Crippen LogP contribution in [0.3, 0.4) is 0 Å². The zero-order valence-corrected chi connectivity index (χ0v) is 9.59. The van der Waals surface area contributed by atoms with Crippen molar-refractivity contribution in [3.63, 3.8) is 0 Å². The molecule has 1 aliphatic heterocycles. The second-order valence-electron chi connectivity index (χ2n) is 4.28. The largest absolute Gasteiger partial charge is 0.378 e. The third-order valence-corrected chi connectivity index (χ3v) is 3.12. The minimum atomic E-state index is 0.00442. The van der Waals surface area contributed by atoms with Gasteiger partial charge in [0.2, 0.25) is 0 Å². The molecule has 0 aromatic carbocycles. The van der Waals surface area contributed by atoms with Crippen LogP contribution in [-0.4, -0.2) is 31.3 Å². The van der Waals surface area contributed by atoms with Crippen molar-refractivity contribution in [2.24, 2.45) is 5.73 Å². The molecule has 86 valence electrons. The lowest BCUT2D eigenvalue weighted by atomic mass is 9.85. The average molecular weight is 210 g/mol. The van der Waals surface area contributed by atoms with Gasteiger partial charge in [0.05, 0.1) is 12.6 Å². The van der Waals surface area contributed by atoms with Crippen molar-refractivity contribution in [1.29, 1.82) is 0 Å². The molecule has 3 heteroatoms. The Kier molecular flexibility index (Phi) is 5.10. The van der Waals surface area contributed by atoms with E-state index in [1.54, 1.807) is 0 Å². The summed E-state index contributed by atoms with van der Waals surface area (Å²) in [5.41, 5.74) is 5.86. The third kappa shape index (κ3) is 3.49. The van der Waals surface area contributed by atoms with Gasteiger partial charge in [0, 0.05) is 18.7 Å². The van der Waals surface area contributed by atoms with E-state index < -0.39 is 0 Å². The van der Waals surface area contributed by atoms with Crippen LogP contribution in [-0.2, 0) is 4.74 Å². The first-order valence-corrected chi connectivity index (χ1v) is 5.76. The van der Waals surface area contributed by atoms with Crippen LogP contribution in [0.4, 0.5) is 0 Å². The monoisotopic (exact) mass is 210 g/mol. The van der Waals surface area contributed by atoms with Crippen molar-refractivity contribution in [3.8, 4) is 12.3 Å². The molecule has 1 fully saturated rings. The van der Waals surface area contributed by atoms with Gasteiger partial charge >= 0.3 is 0 Å². The summed E-state index contributed by atoms with van der Waals surface area (Å²) in [6.45, 7) is 4.20. The Balaban J connectivity index is 2.52. The van der Waals surface area contributed by atoms with E-state index in [4.69, 9.17) is 16.9 Å². The summed E-state index contributed by atoms with van der Waals surface area (Å²) in [7, 11) is 0.